The molecular weight excluding hydrogens is 434 g/mol. The lowest BCUT2D eigenvalue weighted by Crippen LogP contribution is -2.34. The first-order chi connectivity index (χ1) is 15.8. The van der Waals surface area contributed by atoms with Crippen molar-refractivity contribution in [3.63, 3.8) is 0 Å². The molecule has 13 heteroatoms. The summed E-state index contributed by atoms with van der Waals surface area (Å²) in [6, 6.07) is 6.71. The van der Waals surface area contributed by atoms with E-state index < -0.39 is 10.8 Å². The summed E-state index contributed by atoms with van der Waals surface area (Å²) in [7, 11) is 0. The van der Waals surface area contributed by atoms with E-state index in [-0.39, 0.29) is 48.6 Å². The number of carbonyl (C=O) groups is 2. The lowest BCUT2D eigenvalue weighted by Gasteiger charge is -2.07. The Morgan fingerprint density at radius 1 is 1.15 bits per heavy atom. The first-order valence-electron chi connectivity index (χ1n) is 10.1. The third kappa shape index (κ3) is 5.70. The topological polar surface area (TPSA) is 167 Å². The summed E-state index contributed by atoms with van der Waals surface area (Å²) in [5.41, 5.74) is 1.00. The second-order valence-electron chi connectivity index (χ2n) is 6.92. The standard InChI is InChI=1S/C20H23N7O6/c1-4-32-15-7-5-14(6-8-15)18(28)21-9-10-22-19(29)20-23-16(25-33-20)11-26-13(3)17(27(30)31)12(2)24-26/h5-8H,4,9-11H2,1-3H3,(H,21,28)(H,22,29). The van der Waals surface area contributed by atoms with Crippen LogP contribution in [0.5, 0.6) is 5.75 Å². The van der Waals surface area contributed by atoms with Crippen LogP contribution < -0.4 is 15.4 Å². The molecule has 3 rings (SSSR count). The Kier molecular flexibility index (Phi) is 7.33. The maximum Gasteiger partial charge on any atom is 0.316 e. The van der Waals surface area contributed by atoms with Gasteiger partial charge in [0.25, 0.3) is 5.91 Å². The molecule has 0 radical (unpaired) electrons. The van der Waals surface area contributed by atoms with E-state index in [1.54, 1.807) is 31.2 Å². The quantitative estimate of drug-likeness (QED) is 0.260. The normalized spacial score (nSPS) is 10.6. The van der Waals surface area contributed by atoms with E-state index in [9.17, 15) is 19.7 Å². The zero-order chi connectivity index (χ0) is 24.0. The zero-order valence-corrected chi connectivity index (χ0v) is 18.3. The van der Waals surface area contributed by atoms with E-state index in [1.165, 1.54) is 11.6 Å². The zero-order valence-electron chi connectivity index (χ0n) is 18.3. The predicted octanol–water partition coefficient (Wildman–Crippen LogP) is 1.40. The van der Waals surface area contributed by atoms with Crippen molar-refractivity contribution in [2.45, 2.75) is 27.3 Å². The number of amides is 2. The molecule has 13 nitrogen and oxygen atoms in total. The third-order valence-corrected chi connectivity index (χ3v) is 4.60. The average molecular weight is 457 g/mol. The van der Waals surface area contributed by atoms with Crippen LogP contribution in [0.2, 0.25) is 0 Å². The third-order valence-electron chi connectivity index (χ3n) is 4.60. The first-order valence-corrected chi connectivity index (χ1v) is 10.1. The minimum absolute atomic E-state index is 0.00936. The van der Waals surface area contributed by atoms with Crippen molar-refractivity contribution >= 4 is 17.5 Å². The van der Waals surface area contributed by atoms with Gasteiger partial charge in [-0.3, -0.25) is 24.4 Å². The molecule has 2 N–H and O–H groups in total. The lowest BCUT2D eigenvalue weighted by molar-refractivity contribution is -0.386. The minimum atomic E-state index is -0.608. The highest BCUT2D eigenvalue weighted by Crippen LogP contribution is 2.22. The van der Waals surface area contributed by atoms with Crippen molar-refractivity contribution in [3.8, 4) is 5.75 Å². The Hall–Kier alpha value is -4.29. The molecule has 174 valence electrons. The van der Waals surface area contributed by atoms with Crippen molar-refractivity contribution in [2.24, 2.45) is 0 Å². The van der Waals surface area contributed by atoms with Crippen LogP contribution in [0.3, 0.4) is 0 Å². The van der Waals surface area contributed by atoms with E-state index in [2.05, 4.69) is 25.9 Å². The van der Waals surface area contributed by atoms with E-state index in [0.29, 0.717) is 23.6 Å². The summed E-state index contributed by atoms with van der Waals surface area (Å²) in [4.78, 5) is 38.9. The fourth-order valence-corrected chi connectivity index (χ4v) is 3.05. The Balaban J connectivity index is 1.47. The maximum atomic E-state index is 12.2. The van der Waals surface area contributed by atoms with Crippen molar-refractivity contribution in [3.05, 3.63) is 63.0 Å². The molecule has 0 aliphatic heterocycles. The smallest absolute Gasteiger partial charge is 0.316 e. The molecule has 0 unspecified atom stereocenters. The number of rotatable bonds is 10. The molecule has 3 aromatic rings. The van der Waals surface area contributed by atoms with Crippen molar-refractivity contribution in [1.82, 2.24) is 30.6 Å². The van der Waals surface area contributed by atoms with Crippen molar-refractivity contribution in [1.29, 1.82) is 0 Å². The Morgan fingerprint density at radius 2 is 1.82 bits per heavy atom. The molecule has 0 bridgehead atoms. The van der Waals surface area contributed by atoms with Crippen LogP contribution in [0.15, 0.2) is 28.8 Å². The summed E-state index contributed by atoms with van der Waals surface area (Å²) in [5.74, 6) is -0.339. The first kappa shape index (κ1) is 23.4. The van der Waals surface area contributed by atoms with Crippen LogP contribution >= 0.6 is 0 Å². The number of nitrogens with one attached hydrogen (secondary N) is 2. The Bertz CT molecular complexity index is 1150. The number of nitrogens with zero attached hydrogens (tertiary/aromatic N) is 5. The largest absolute Gasteiger partial charge is 0.494 e. The SMILES string of the molecule is CCOc1ccc(C(=O)NCCNC(=O)c2nc(Cn3nc(C)c([N+](=O)[O-])c3C)no2)cc1. The Morgan fingerprint density at radius 3 is 2.42 bits per heavy atom. The van der Waals surface area contributed by atoms with Gasteiger partial charge < -0.3 is 19.9 Å². The molecule has 1 aromatic carbocycles. The highest BCUT2D eigenvalue weighted by molar-refractivity contribution is 5.94. The van der Waals surface area contributed by atoms with Crippen LogP contribution in [0.1, 0.15) is 45.2 Å². The van der Waals surface area contributed by atoms with E-state index >= 15 is 0 Å². The van der Waals surface area contributed by atoms with Gasteiger partial charge in [0.15, 0.2) is 5.82 Å². The molecule has 0 fully saturated rings. The minimum Gasteiger partial charge on any atom is -0.494 e. The van der Waals surface area contributed by atoms with Gasteiger partial charge >= 0.3 is 17.5 Å². The fourth-order valence-electron chi connectivity index (χ4n) is 3.05. The monoisotopic (exact) mass is 457 g/mol. The van der Waals surface area contributed by atoms with Crippen molar-refractivity contribution in [2.75, 3.05) is 19.7 Å². The molecule has 0 saturated carbocycles. The number of aryl methyl sites for hydroxylation is 1. The average Bonchev–Trinajstić information content (AvgIpc) is 3.36. The molecule has 0 aliphatic carbocycles. The molecule has 33 heavy (non-hydrogen) atoms. The summed E-state index contributed by atoms with van der Waals surface area (Å²) in [6.45, 7) is 5.85. The molecule has 2 amide bonds. The highest BCUT2D eigenvalue weighted by Gasteiger charge is 2.23. The van der Waals surface area contributed by atoms with Gasteiger partial charge in [-0.05, 0) is 45.0 Å². The number of hydrogen-bond acceptors (Lipinski definition) is 9. The summed E-state index contributed by atoms with van der Waals surface area (Å²) in [6.07, 6.45) is 0. The van der Waals surface area contributed by atoms with Gasteiger partial charge in [-0.2, -0.15) is 10.1 Å². The highest BCUT2D eigenvalue weighted by atomic mass is 16.6. The van der Waals surface area contributed by atoms with Gasteiger partial charge in [-0.1, -0.05) is 5.16 Å². The maximum absolute atomic E-state index is 12.2. The second-order valence-corrected chi connectivity index (χ2v) is 6.92. The van der Waals surface area contributed by atoms with Gasteiger partial charge in [0, 0.05) is 18.7 Å². The van der Waals surface area contributed by atoms with E-state index in [0.717, 1.165) is 0 Å². The molecule has 0 aliphatic rings. The molecule has 0 atom stereocenters. The summed E-state index contributed by atoms with van der Waals surface area (Å²) < 4.78 is 11.7. The summed E-state index contributed by atoms with van der Waals surface area (Å²) >= 11 is 0. The number of carbonyl (C=O) groups excluding carboxylic acids is 2. The number of ether oxygens (including phenoxy) is 1. The van der Waals surface area contributed by atoms with Gasteiger partial charge in [-0.15, -0.1) is 0 Å². The Labute approximate surface area is 188 Å². The van der Waals surface area contributed by atoms with Crippen LogP contribution in [0.4, 0.5) is 5.69 Å². The second kappa shape index (κ2) is 10.3. The van der Waals surface area contributed by atoms with E-state index in [1.807, 2.05) is 6.92 Å². The van der Waals surface area contributed by atoms with Crippen LogP contribution in [0.25, 0.3) is 0 Å². The molecular formula is C20H23N7O6. The van der Waals surface area contributed by atoms with Crippen LogP contribution in [-0.2, 0) is 6.54 Å². The van der Waals surface area contributed by atoms with Gasteiger partial charge in [-0.25, -0.2) is 0 Å². The van der Waals surface area contributed by atoms with Gasteiger partial charge in [0.05, 0.1) is 11.5 Å². The van der Waals surface area contributed by atoms with Crippen LogP contribution in [-0.4, -0.2) is 56.4 Å². The molecule has 0 spiro atoms. The summed E-state index contributed by atoms with van der Waals surface area (Å²) in [5, 5.41) is 24.2. The lowest BCUT2D eigenvalue weighted by atomic mass is 10.2. The predicted molar refractivity (Wildman–Crippen MR) is 114 cm³/mol. The van der Waals surface area contributed by atoms with Crippen molar-refractivity contribution < 1.29 is 23.8 Å². The molecule has 2 heterocycles. The van der Waals surface area contributed by atoms with Gasteiger partial charge in [0.1, 0.15) is 23.7 Å². The number of hydrogen-bond donors (Lipinski definition) is 2. The molecule has 0 saturated heterocycles. The fraction of sp³-hybridized carbons (Fsp3) is 0.350. The molecule has 2 aromatic heterocycles. The number of nitro groups is 1. The number of aromatic nitrogens is 4. The van der Waals surface area contributed by atoms with Gasteiger partial charge in [0.2, 0.25) is 0 Å². The van der Waals surface area contributed by atoms with E-state index in [4.69, 9.17) is 9.26 Å². The van der Waals surface area contributed by atoms with Crippen LogP contribution in [0, 0.1) is 24.0 Å². The number of benzene rings is 1.